The third-order valence-corrected chi connectivity index (χ3v) is 3.55. The molecule has 2 aromatic carbocycles. The molecule has 0 radical (unpaired) electrons. The molecule has 0 aliphatic rings. The predicted octanol–water partition coefficient (Wildman–Crippen LogP) is 3.80. The average molecular weight is 326 g/mol. The van der Waals surface area contributed by atoms with Gasteiger partial charge in [0.1, 0.15) is 11.5 Å². The first-order valence-electron chi connectivity index (χ1n) is 8.12. The molecule has 0 unspecified atom stereocenters. The summed E-state index contributed by atoms with van der Waals surface area (Å²) >= 11 is 0. The average Bonchev–Trinajstić information content (AvgIpc) is 2.53. The van der Waals surface area contributed by atoms with Crippen molar-refractivity contribution < 1.29 is 9.53 Å². The van der Waals surface area contributed by atoms with Crippen LogP contribution in [0.3, 0.4) is 0 Å². The van der Waals surface area contributed by atoms with Crippen molar-refractivity contribution in [3.8, 4) is 11.5 Å². The fraction of sp³-hybridized carbons (Fsp3) is 0.350. The maximum atomic E-state index is 12.4. The molecule has 2 aromatic rings. The minimum absolute atomic E-state index is 0.0112. The SMILES string of the molecule is CN(C)CC(C)(C)CNC(=O)c1cccc(Oc2ccccc2)c1. The van der Waals surface area contributed by atoms with E-state index in [2.05, 4.69) is 24.1 Å². The fourth-order valence-electron chi connectivity index (χ4n) is 2.66. The summed E-state index contributed by atoms with van der Waals surface area (Å²) in [4.78, 5) is 14.5. The van der Waals surface area contributed by atoms with Gasteiger partial charge in [-0.25, -0.2) is 0 Å². The largest absolute Gasteiger partial charge is 0.457 e. The van der Waals surface area contributed by atoms with Crippen molar-refractivity contribution in [2.75, 3.05) is 27.2 Å². The number of nitrogens with one attached hydrogen (secondary N) is 1. The summed E-state index contributed by atoms with van der Waals surface area (Å²) in [6, 6.07) is 16.8. The summed E-state index contributed by atoms with van der Waals surface area (Å²) < 4.78 is 5.78. The van der Waals surface area contributed by atoms with Crippen molar-refractivity contribution in [2.24, 2.45) is 5.41 Å². The smallest absolute Gasteiger partial charge is 0.251 e. The summed E-state index contributed by atoms with van der Waals surface area (Å²) in [5.74, 6) is 1.32. The quantitative estimate of drug-likeness (QED) is 0.841. The predicted molar refractivity (Wildman–Crippen MR) is 97.6 cm³/mol. The van der Waals surface area contributed by atoms with E-state index < -0.39 is 0 Å². The number of benzene rings is 2. The van der Waals surface area contributed by atoms with Gasteiger partial charge in [0, 0.05) is 18.7 Å². The lowest BCUT2D eigenvalue weighted by molar-refractivity contribution is 0.0929. The van der Waals surface area contributed by atoms with Gasteiger partial charge in [0.25, 0.3) is 5.91 Å². The zero-order valence-corrected chi connectivity index (χ0v) is 14.9. The van der Waals surface area contributed by atoms with Gasteiger partial charge in [-0.1, -0.05) is 38.1 Å². The Morgan fingerprint density at radius 3 is 2.38 bits per heavy atom. The van der Waals surface area contributed by atoms with Gasteiger partial charge in [0.05, 0.1) is 0 Å². The molecule has 4 nitrogen and oxygen atoms in total. The Morgan fingerprint density at radius 1 is 1.04 bits per heavy atom. The molecule has 0 saturated heterocycles. The van der Waals surface area contributed by atoms with E-state index in [0.717, 1.165) is 12.3 Å². The summed E-state index contributed by atoms with van der Waals surface area (Å²) in [7, 11) is 4.07. The molecule has 0 aliphatic carbocycles. The van der Waals surface area contributed by atoms with E-state index in [0.29, 0.717) is 17.9 Å². The molecule has 2 rings (SSSR count). The van der Waals surface area contributed by atoms with Gasteiger partial charge >= 0.3 is 0 Å². The summed E-state index contributed by atoms with van der Waals surface area (Å²) in [6.07, 6.45) is 0. The van der Waals surface area contributed by atoms with Crippen LogP contribution in [0.25, 0.3) is 0 Å². The molecule has 1 amide bonds. The van der Waals surface area contributed by atoms with Crippen LogP contribution in [0.4, 0.5) is 0 Å². The van der Waals surface area contributed by atoms with Crippen molar-refractivity contribution in [3.63, 3.8) is 0 Å². The van der Waals surface area contributed by atoms with Crippen LogP contribution in [0.15, 0.2) is 54.6 Å². The highest BCUT2D eigenvalue weighted by Crippen LogP contribution is 2.22. The zero-order valence-electron chi connectivity index (χ0n) is 14.9. The van der Waals surface area contributed by atoms with Gasteiger partial charge < -0.3 is 15.0 Å². The number of ether oxygens (including phenoxy) is 1. The van der Waals surface area contributed by atoms with Crippen LogP contribution in [0.5, 0.6) is 11.5 Å². The number of amides is 1. The Labute approximate surface area is 144 Å². The van der Waals surface area contributed by atoms with Crippen LogP contribution in [0, 0.1) is 5.41 Å². The van der Waals surface area contributed by atoms with E-state index in [1.54, 1.807) is 12.1 Å². The third-order valence-electron chi connectivity index (χ3n) is 3.55. The van der Waals surface area contributed by atoms with Gasteiger partial charge in [0.2, 0.25) is 0 Å². The second-order valence-corrected chi connectivity index (χ2v) is 7.03. The molecule has 4 heteroatoms. The maximum Gasteiger partial charge on any atom is 0.251 e. The number of para-hydroxylation sites is 1. The van der Waals surface area contributed by atoms with Crippen LogP contribution >= 0.6 is 0 Å². The highest BCUT2D eigenvalue weighted by atomic mass is 16.5. The molecule has 24 heavy (non-hydrogen) atoms. The van der Waals surface area contributed by atoms with Crippen molar-refractivity contribution in [1.82, 2.24) is 10.2 Å². The molecule has 0 aliphatic heterocycles. The van der Waals surface area contributed by atoms with Crippen LogP contribution in [0.1, 0.15) is 24.2 Å². The number of nitrogens with zero attached hydrogens (tertiary/aromatic N) is 1. The molecule has 0 saturated carbocycles. The van der Waals surface area contributed by atoms with Crippen molar-refractivity contribution >= 4 is 5.91 Å². The number of hydrogen-bond donors (Lipinski definition) is 1. The van der Waals surface area contributed by atoms with Crippen LogP contribution in [-0.2, 0) is 0 Å². The van der Waals surface area contributed by atoms with E-state index in [1.165, 1.54) is 0 Å². The van der Waals surface area contributed by atoms with E-state index in [4.69, 9.17) is 4.74 Å². The van der Waals surface area contributed by atoms with E-state index in [9.17, 15) is 4.79 Å². The van der Waals surface area contributed by atoms with Crippen molar-refractivity contribution in [1.29, 1.82) is 0 Å². The summed E-state index contributed by atoms with van der Waals surface area (Å²) in [5, 5.41) is 3.01. The minimum atomic E-state index is -0.0830. The summed E-state index contributed by atoms with van der Waals surface area (Å²) in [5.41, 5.74) is 0.612. The van der Waals surface area contributed by atoms with Gasteiger partial charge in [-0.2, -0.15) is 0 Å². The number of rotatable bonds is 7. The molecule has 128 valence electrons. The Hall–Kier alpha value is -2.33. The number of carbonyl (C=O) groups is 1. The first-order valence-corrected chi connectivity index (χ1v) is 8.12. The lowest BCUT2D eigenvalue weighted by Gasteiger charge is -2.28. The Bertz CT molecular complexity index is 666. The Balaban J connectivity index is 1.99. The molecular weight excluding hydrogens is 300 g/mol. The molecule has 0 bridgehead atoms. The second kappa shape index (κ2) is 7.97. The molecule has 0 atom stereocenters. The highest BCUT2D eigenvalue weighted by molar-refractivity contribution is 5.94. The molecule has 0 fully saturated rings. The number of carbonyl (C=O) groups excluding carboxylic acids is 1. The molecule has 0 aromatic heterocycles. The van der Waals surface area contributed by atoms with Crippen LogP contribution < -0.4 is 10.1 Å². The molecular formula is C20H26N2O2. The number of hydrogen-bond acceptors (Lipinski definition) is 3. The molecule has 0 spiro atoms. The minimum Gasteiger partial charge on any atom is -0.457 e. The molecule has 0 heterocycles. The van der Waals surface area contributed by atoms with E-state index in [1.807, 2.05) is 56.6 Å². The first-order chi connectivity index (χ1) is 11.4. The van der Waals surface area contributed by atoms with Gasteiger partial charge in [-0.3, -0.25) is 4.79 Å². The van der Waals surface area contributed by atoms with Crippen molar-refractivity contribution in [3.05, 3.63) is 60.2 Å². The fourth-order valence-corrected chi connectivity index (χ4v) is 2.66. The van der Waals surface area contributed by atoms with E-state index in [-0.39, 0.29) is 11.3 Å². The Kier molecular flexibility index (Phi) is 5.99. The highest BCUT2D eigenvalue weighted by Gasteiger charge is 2.20. The molecule has 1 N–H and O–H groups in total. The lowest BCUT2D eigenvalue weighted by atomic mass is 9.93. The van der Waals surface area contributed by atoms with Gasteiger partial charge in [-0.05, 0) is 49.8 Å². The third kappa shape index (κ3) is 5.70. The lowest BCUT2D eigenvalue weighted by Crippen LogP contribution is -2.39. The summed E-state index contributed by atoms with van der Waals surface area (Å²) in [6.45, 7) is 5.81. The Morgan fingerprint density at radius 2 is 1.71 bits per heavy atom. The monoisotopic (exact) mass is 326 g/mol. The van der Waals surface area contributed by atoms with E-state index >= 15 is 0 Å². The van der Waals surface area contributed by atoms with Gasteiger partial charge in [-0.15, -0.1) is 0 Å². The normalized spacial score (nSPS) is 11.4. The standard InChI is InChI=1S/C20H26N2O2/c1-20(2,15-22(3)4)14-21-19(23)16-9-8-12-18(13-16)24-17-10-6-5-7-11-17/h5-13H,14-15H2,1-4H3,(H,21,23). The second-order valence-electron chi connectivity index (χ2n) is 7.03. The topological polar surface area (TPSA) is 41.6 Å². The van der Waals surface area contributed by atoms with Crippen LogP contribution in [0.2, 0.25) is 0 Å². The van der Waals surface area contributed by atoms with Gasteiger partial charge in [0.15, 0.2) is 0 Å². The first kappa shape index (κ1) is 18.0. The maximum absolute atomic E-state index is 12.4. The van der Waals surface area contributed by atoms with Crippen molar-refractivity contribution in [2.45, 2.75) is 13.8 Å². The van der Waals surface area contributed by atoms with Crippen LogP contribution in [-0.4, -0.2) is 38.0 Å². The zero-order chi connectivity index (χ0) is 17.6.